The molecule has 5 heterocycles. The molecule has 7 rings (SSSR count). The van der Waals surface area contributed by atoms with Crippen molar-refractivity contribution in [2.45, 2.75) is 64.0 Å². The van der Waals surface area contributed by atoms with Gasteiger partial charge in [0, 0.05) is 62.0 Å². The van der Waals surface area contributed by atoms with Gasteiger partial charge in [-0.2, -0.15) is 0 Å². The summed E-state index contributed by atoms with van der Waals surface area (Å²) in [4.78, 5) is 21.1. The molecule has 1 aromatic heterocycles. The van der Waals surface area contributed by atoms with Crippen molar-refractivity contribution in [3.63, 3.8) is 0 Å². The van der Waals surface area contributed by atoms with E-state index in [-0.39, 0.29) is 11.3 Å². The van der Waals surface area contributed by atoms with Crippen LogP contribution in [0.2, 0.25) is 0 Å². The van der Waals surface area contributed by atoms with Gasteiger partial charge in [-0.15, -0.1) is 10.2 Å². The Morgan fingerprint density at radius 2 is 1.83 bits per heavy atom. The van der Waals surface area contributed by atoms with Gasteiger partial charge in [0.2, 0.25) is 0 Å². The first kappa shape index (κ1) is 26.7. The Labute approximate surface area is 243 Å². The number of carbonyl (C=O) groups excluding carboxylic acids is 1. The predicted octanol–water partition coefficient (Wildman–Crippen LogP) is 4.71. The SMILES string of the molecule is C[C@H]1CCCN(Cc2cc(N3CCCCC3)cc(N3Cc4ccc(C5(Cc6nncn6C)COC5)cc4C3=O)c2)C1. The normalized spacial score (nSPS) is 22.6. The van der Waals surface area contributed by atoms with Crippen molar-refractivity contribution >= 4 is 17.3 Å². The number of likely N-dealkylation sites (tertiary alicyclic amines) is 1. The van der Waals surface area contributed by atoms with E-state index >= 15 is 0 Å². The van der Waals surface area contributed by atoms with Crippen LogP contribution in [0.1, 0.15) is 71.9 Å². The number of aromatic nitrogens is 3. The number of amides is 1. The first-order valence-corrected chi connectivity index (χ1v) is 15.4. The standard InChI is InChI=1S/C33H42N6O2/c1-24-7-6-10-37(18-24)19-25-13-28(38-11-4-3-5-12-38)16-29(14-25)39-20-26-8-9-27(15-30(26)32(39)40)33(21-41-22-33)17-31-35-34-23-36(31)2/h8-9,13-16,23-24H,3-7,10-12,17-22H2,1-2H3/t24-/m0/s1. The molecule has 0 radical (unpaired) electrons. The number of ether oxygens (including phenoxy) is 1. The lowest BCUT2D eigenvalue weighted by atomic mass is 9.75. The lowest BCUT2D eigenvalue weighted by Crippen LogP contribution is -2.49. The van der Waals surface area contributed by atoms with Crippen LogP contribution in [0.5, 0.6) is 0 Å². The summed E-state index contributed by atoms with van der Waals surface area (Å²) < 4.78 is 7.68. The number of aryl methyl sites for hydroxylation is 1. The highest BCUT2D eigenvalue weighted by atomic mass is 16.5. The fourth-order valence-electron chi connectivity index (χ4n) is 7.26. The van der Waals surface area contributed by atoms with E-state index in [9.17, 15) is 4.79 Å². The Morgan fingerprint density at radius 1 is 1.00 bits per heavy atom. The Hall–Kier alpha value is -3.23. The van der Waals surface area contributed by atoms with E-state index < -0.39 is 0 Å². The fourth-order valence-corrected chi connectivity index (χ4v) is 7.26. The molecule has 41 heavy (non-hydrogen) atoms. The highest BCUT2D eigenvalue weighted by molar-refractivity contribution is 6.10. The van der Waals surface area contributed by atoms with Gasteiger partial charge in [0.15, 0.2) is 0 Å². The first-order chi connectivity index (χ1) is 20.0. The van der Waals surface area contributed by atoms with Crippen molar-refractivity contribution in [2.75, 3.05) is 49.2 Å². The Balaban J connectivity index is 1.18. The second-order valence-corrected chi connectivity index (χ2v) is 13.0. The molecule has 0 unspecified atom stereocenters. The van der Waals surface area contributed by atoms with Gasteiger partial charge in [-0.25, -0.2) is 0 Å². The molecule has 0 spiro atoms. The second kappa shape index (κ2) is 10.9. The maximum atomic E-state index is 14.0. The smallest absolute Gasteiger partial charge is 0.258 e. The summed E-state index contributed by atoms with van der Waals surface area (Å²) in [6, 6.07) is 13.4. The Bertz CT molecular complexity index is 1420. The van der Waals surface area contributed by atoms with E-state index in [1.807, 2.05) is 16.5 Å². The zero-order valence-electron chi connectivity index (χ0n) is 24.5. The van der Waals surface area contributed by atoms with E-state index in [0.717, 1.165) is 73.3 Å². The molecule has 1 atom stereocenters. The average Bonchev–Trinajstić information content (AvgIpc) is 3.52. The van der Waals surface area contributed by atoms with Gasteiger partial charge in [0.05, 0.1) is 19.8 Å². The minimum Gasteiger partial charge on any atom is -0.379 e. The summed E-state index contributed by atoms with van der Waals surface area (Å²) >= 11 is 0. The Morgan fingerprint density at radius 3 is 2.56 bits per heavy atom. The molecule has 4 aliphatic rings. The lowest BCUT2D eigenvalue weighted by molar-refractivity contribution is -0.0611. The van der Waals surface area contributed by atoms with Crippen LogP contribution in [0.15, 0.2) is 42.7 Å². The van der Waals surface area contributed by atoms with Gasteiger partial charge in [0.1, 0.15) is 12.2 Å². The van der Waals surface area contributed by atoms with Crippen molar-refractivity contribution in [2.24, 2.45) is 13.0 Å². The van der Waals surface area contributed by atoms with Crippen molar-refractivity contribution in [3.8, 4) is 0 Å². The molecule has 0 aliphatic carbocycles. The average molecular weight is 555 g/mol. The number of anilines is 2. The van der Waals surface area contributed by atoms with Crippen LogP contribution in [0.3, 0.4) is 0 Å². The Kier molecular flexibility index (Phi) is 7.07. The number of piperidine rings is 2. The first-order valence-electron chi connectivity index (χ1n) is 15.4. The number of carbonyl (C=O) groups is 1. The highest BCUT2D eigenvalue weighted by Crippen LogP contribution is 2.39. The number of rotatable bonds is 7. The minimum atomic E-state index is -0.170. The van der Waals surface area contributed by atoms with Gasteiger partial charge in [-0.3, -0.25) is 9.69 Å². The summed E-state index contributed by atoms with van der Waals surface area (Å²) in [7, 11) is 1.98. The maximum absolute atomic E-state index is 14.0. The zero-order valence-corrected chi connectivity index (χ0v) is 24.5. The van der Waals surface area contributed by atoms with Gasteiger partial charge in [0.25, 0.3) is 5.91 Å². The molecule has 0 saturated carbocycles. The van der Waals surface area contributed by atoms with Crippen molar-refractivity contribution in [1.82, 2.24) is 19.7 Å². The third kappa shape index (κ3) is 5.17. The molecular weight excluding hydrogens is 512 g/mol. The minimum absolute atomic E-state index is 0.101. The lowest BCUT2D eigenvalue weighted by Gasteiger charge is -2.41. The predicted molar refractivity (Wildman–Crippen MR) is 160 cm³/mol. The van der Waals surface area contributed by atoms with Crippen LogP contribution in [0.4, 0.5) is 11.4 Å². The van der Waals surface area contributed by atoms with Crippen LogP contribution in [0.25, 0.3) is 0 Å². The maximum Gasteiger partial charge on any atom is 0.258 e. The summed E-state index contributed by atoms with van der Waals surface area (Å²) in [5.74, 6) is 1.78. The van der Waals surface area contributed by atoms with Gasteiger partial charge >= 0.3 is 0 Å². The zero-order chi connectivity index (χ0) is 28.0. The van der Waals surface area contributed by atoms with E-state index in [4.69, 9.17) is 4.74 Å². The molecule has 3 aromatic rings. The molecule has 8 heteroatoms. The van der Waals surface area contributed by atoms with Crippen LogP contribution in [0, 0.1) is 5.92 Å². The summed E-state index contributed by atoms with van der Waals surface area (Å²) in [5, 5.41) is 8.39. The van der Waals surface area contributed by atoms with E-state index in [2.05, 4.69) is 63.3 Å². The van der Waals surface area contributed by atoms with Crippen LogP contribution in [-0.2, 0) is 36.7 Å². The highest BCUT2D eigenvalue weighted by Gasteiger charge is 2.43. The van der Waals surface area contributed by atoms with Gasteiger partial charge in [-0.1, -0.05) is 19.1 Å². The quantitative estimate of drug-likeness (QED) is 0.422. The molecule has 1 amide bonds. The van der Waals surface area contributed by atoms with E-state index in [1.54, 1.807) is 6.33 Å². The number of hydrogen-bond donors (Lipinski definition) is 0. The number of benzene rings is 2. The van der Waals surface area contributed by atoms with E-state index in [0.29, 0.717) is 19.8 Å². The number of fused-ring (bicyclic) bond motifs is 1. The molecular formula is C33H42N6O2. The van der Waals surface area contributed by atoms with Crippen LogP contribution < -0.4 is 9.80 Å². The summed E-state index contributed by atoms with van der Waals surface area (Å²) in [6.07, 6.45) is 8.86. The number of hydrogen-bond acceptors (Lipinski definition) is 6. The second-order valence-electron chi connectivity index (χ2n) is 13.0. The van der Waals surface area contributed by atoms with Crippen LogP contribution in [-0.4, -0.2) is 65.0 Å². The van der Waals surface area contributed by atoms with Crippen molar-refractivity contribution < 1.29 is 9.53 Å². The molecule has 4 aliphatic heterocycles. The largest absolute Gasteiger partial charge is 0.379 e. The molecule has 0 bridgehead atoms. The third-order valence-corrected chi connectivity index (χ3v) is 9.73. The molecule has 2 aromatic carbocycles. The summed E-state index contributed by atoms with van der Waals surface area (Å²) in [5.41, 5.74) is 6.51. The molecule has 3 saturated heterocycles. The van der Waals surface area contributed by atoms with Gasteiger partial charge in [-0.05, 0) is 85.5 Å². The van der Waals surface area contributed by atoms with Crippen molar-refractivity contribution in [3.05, 3.63) is 70.8 Å². The fraction of sp³-hybridized carbons (Fsp3) is 0.545. The van der Waals surface area contributed by atoms with Crippen LogP contribution >= 0.6 is 0 Å². The molecule has 8 nitrogen and oxygen atoms in total. The van der Waals surface area contributed by atoms with Gasteiger partial charge < -0.3 is 19.1 Å². The molecule has 3 fully saturated rings. The topological polar surface area (TPSA) is 66.7 Å². The number of nitrogens with zero attached hydrogens (tertiary/aromatic N) is 6. The monoisotopic (exact) mass is 554 g/mol. The van der Waals surface area contributed by atoms with Crippen molar-refractivity contribution in [1.29, 1.82) is 0 Å². The molecule has 216 valence electrons. The third-order valence-electron chi connectivity index (χ3n) is 9.73. The molecule has 0 N–H and O–H groups in total. The van der Waals surface area contributed by atoms with E-state index in [1.165, 1.54) is 43.4 Å². The summed E-state index contributed by atoms with van der Waals surface area (Å²) in [6.45, 7) is 9.69.